The summed E-state index contributed by atoms with van der Waals surface area (Å²) in [6, 6.07) is 6.58. The number of sulfone groups is 1. The van der Waals surface area contributed by atoms with Gasteiger partial charge < -0.3 is 14.5 Å². The first-order chi connectivity index (χ1) is 14.0. The predicted molar refractivity (Wildman–Crippen MR) is 109 cm³/mol. The summed E-state index contributed by atoms with van der Waals surface area (Å²) in [7, 11) is -8.34. The fraction of sp³-hybridized carbons (Fsp3) is 0.412. The van der Waals surface area contributed by atoms with E-state index in [-0.39, 0.29) is 17.4 Å². The van der Waals surface area contributed by atoms with Gasteiger partial charge in [0.25, 0.3) is 0 Å². The van der Waals surface area contributed by atoms with Crippen LogP contribution in [0.4, 0.5) is 0 Å². The molecule has 13 heteroatoms. The van der Waals surface area contributed by atoms with Crippen molar-refractivity contribution in [1.82, 2.24) is 9.78 Å². The van der Waals surface area contributed by atoms with Crippen LogP contribution in [-0.2, 0) is 31.4 Å². The lowest BCUT2D eigenvalue weighted by molar-refractivity contribution is 0.183. The average Bonchev–Trinajstić information content (AvgIpc) is 2.86. The van der Waals surface area contributed by atoms with Gasteiger partial charge in [0.15, 0.2) is 15.6 Å². The third-order valence-electron chi connectivity index (χ3n) is 4.56. The molecule has 162 valence electrons. The highest BCUT2D eigenvalue weighted by Crippen LogP contribution is 2.45. The first-order valence-electron chi connectivity index (χ1n) is 8.85. The normalized spacial score (nSPS) is 14.9. The fourth-order valence-electron chi connectivity index (χ4n) is 2.96. The van der Waals surface area contributed by atoms with Crippen molar-refractivity contribution in [2.24, 2.45) is 0 Å². The van der Waals surface area contributed by atoms with Crippen LogP contribution in [0.1, 0.15) is 42.1 Å². The van der Waals surface area contributed by atoms with Crippen LogP contribution < -0.4 is 4.74 Å². The molecule has 1 saturated carbocycles. The Hall–Kier alpha value is -1.87. The van der Waals surface area contributed by atoms with Crippen molar-refractivity contribution in [1.29, 1.82) is 5.26 Å². The van der Waals surface area contributed by atoms with Crippen LogP contribution in [0.15, 0.2) is 23.1 Å². The molecule has 2 N–H and O–H groups in total. The minimum absolute atomic E-state index is 0.0310. The largest absolute Gasteiger partial charge is 0.469 e. The molecule has 2 aromatic rings. The van der Waals surface area contributed by atoms with Gasteiger partial charge in [-0.1, -0.05) is 6.42 Å². The van der Waals surface area contributed by atoms with Crippen molar-refractivity contribution >= 4 is 30.3 Å². The number of benzene rings is 1. The van der Waals surface area contributed by atoms with E-state index in [4.69, 9.17) is 19.8 Å². The lowest BCUT2D eigenvalue weighted by Crippen LogP contribution is -2.15. The molecule has 1 fully saturated rings. The SMILES string of the molecule is CS(=O)(=O)Cn1nc(C2CCC2)c(Oc2ccc(C#N)c(S)c2)c1COP(=O)(O)O. The summed E-state index contributed by atoms with van der Waals surface area (Å²) in [6.45, 7) is -0.598. The van der Waals surface area contributed by atoms with Crippen LogP contribution in [0.2, 0.25) is 0 Å². The summed E-state index contributed by atoms with van der Waals surface area (Å²) in [5, 5.41) is 13.4. The molecule has 0 radical (unpaired) electrons. The second-order valence-corrected chi connectivity index (χ2v) is 10.8. The Balaban J connectivity index is 2.08. The van der Waals surface area contributed by atoms with E-state index in [1.54, 1.807) is 6.07 Å². The van der Waals surface area contributed by atoms with E-state index in [1.807, 2.05) is 6.07 Å². The maximum Gasteiger partial charge on any atom is 0.469 e. The number of nitrogens with zero attached hydrogens (tertiary/aromatic N) is 3. The van der Waals surface area contributed by atoms with Crippen LogP contribution in [0.3, 0.4) is 0 Å². The van der Waals surface area contributed by atoms with Gasteiger partial charge in [0.05, 0.1) is 5.56 Å². The Bertz CT molecular complexity index is 1150. The topological polar surface area (TPSA) is 152 Å². The van der Waals surface area contributed by atoms with Crippen molar-refractivity contribution in [3.05, 3.63) is 35.2 Å². The highest BCUT2D eigenvalue weighted by atomic mass is 32.2. The second-order valence-electron chi connectivity index (χ2n) is 7.00. The quantitative estimate of drug-likeness (QED) is 0.388. The summed E-state index contributed by atoms with van der Waals surface area (Å²) in [6.07, 6.45) is 3.67. The van der Waals surface area contributed by atoms with Crippen molar-refractivity contribution in [3.63, 3.8) is 0 Å². The lowest BCUT2D eigenvalue weighted by Gasteiger charge is -2.24. The van der Waals surface area contributed by atoms with E-state index in [2.05, 4.69) is 22.3 Å². The second kappa shape index (κ2) is 8.70. The standard InChI is InChI=1S/C17H20N3O7PS2/c1-30(24,25)10-20-14(9-26-28(21,22)23)17(16(19-20)11-3-2-4-11)27-13-6-5-12(8-18)15(29)7-13/h5-7,11,29H,2-4,9-10H2,1H3,(H2,21,22,23). The van der Waals surface area contributed by atoms with E-state index in [1.165, 1.54) is 12.1 Å². The predicted octanol–water partition coefficient (Wildman–Crippen LogP) is 2.71. The van der Waals surface area contributed by atoms with Gasteiger partial charge in [0.2, 0.25) is 0 Å². The first kappa shape index (κ1) is 22.8. The third-order valence-corrected chi connectivity index (χ3v) is 6.11. The molecule has 1 aromatic carbocycles. The number of thiol groups is 1. The van der Waals surface area contributed by atoms with Crippen LogP contribution in [0.25, 0.3) is 0 Å². The maximum atomic E-state index is 11.9. The molecule has 0 atom stereocenters. The van der Waals surface area contributed by atoms with Gasteiger partial charge in [0.1, 0.15) is 35.7 Å². The number of nitriles is 1. The molecule has 0 unspecified atom stereocenters. The Morgan fingerprint density at radius 3 is 2.60 bits per heavy atom. The van der Waals surface area contributed by atoms with Crippen molar-refractivity contribution in [2.75, 3.05) is 6.26 Å². The molecule has 0 spiro atoms. The van der Waals surface area contributed by atoms with E-state index in [0.717, 1.165) is 30.2 Å². The molecular weight excluding hydrogens is 453 g/mol. The molecule has 0 aliphatic heterocycles. The minimum Gasteiger partial charge on any atom is -0.453 e. The Labute approximate surface area is 179 Å². The number of phosphoric ester groups is 1. The number of aromatic nitrogens is 2. The zero-order valence-corrected chi connectivity index (χ0v) is 18.5. The molecular formula is C17H20N3O7PS2. The number of ether oxygens (including phenoxy) is 1. The minimum atomic E-state index is -4.82. The zero-order chi connectivity index (χ0) is 22.1. The van der Waals surface area contributed by atoms with E-state index in [9.17, 15) is 13.0 Å². The van der Waals surface area contributed by atoms with E-state index in [0.29, 0.717) is 21.9 Å². The van der Waals surface area contributed by atoms with E-state index >= 15 is 0 Å². The number of hydrogen-bond acceptors (Lipinski definition) is 8. The van der Waals surface area contributed by atoms with Crippen LogP contribution in [0.5, 0.6) is 11.5 Å². The van der Waals surface area contributed by atoms with Gasteiger partial charge in [-0.15, -0.1) is 12.6 Å². The molecule has 0 saturated heterocycles. The molecule has 1 aromatic heterocycles. The van der Waals surface area contributed by atoms with Crippen molar-refractivity contribution < 1.29 is 32.0 Å². The molecule has 10 nitrogen and oxygen atoms in total. The summed E-state index contributed by atoms with van der Waals surface area (Å²) in [4.78, 5) is 18.6. The average molecular weight is 473 g/mol. The highest BCUT2D eigenvalue weighted by Gasteiger charge is 2.32. The molecule has 0 bridgehead atoms. The third kappa shape index (κ3) is 5.63. The number of phosphoric acid groups is 1. The van der Waals surface area contributed by atoms with Gasteiger partial charge in [-0.25, -0.2) is 17.7 Å². The molecule has 1 heterocycles. The summed E-state index contributed by atoms with van der Waals surface area (Å²) in [5.41, 5.74) is 0.942. The molecule has 30 heavy (non-hydrogen) atoms. The Kier molecular flexibility index (Phi) is 6.62. The lowest BCUT2D eigenvalue weighted by atomic mass is 9.82. The molecule has 1 aliphatic carbocycles. The summed E-state index contributed by atoms with van der Waals surface area (Å²) < 4.78 is 46.7. The Morgan fingerprint density at radius 1 is 1.40 bits per heavy atom. The molecule has 0 amide bonds. The monoisotopic (exact) mass is 473 g/mol. The van der Waals surface area contributed by atoms with Crippen LogP contribution in [0, 0.1) is 11.3 Å². The van der Waals surface area contributed by atoms with Gasteiger partial charge in [-0.3, -0.25) is 4.52 Å². The molecule has 3 rings (SSSR count). The van der Waals surface area contributed by atoms with Gasteiger partial charge in [0, 0.05) is 17.1 Å². The van der Waals surface area contributed by atoms with Crippen molar-refractivity contribution in [3.8, 4) is 17.6 Å². The fourth-order valence-corrected chi connectivity index (χ4v) is 4.16. The van der Waals surface area contributed by atoms with Crippen LogP contribution >= 0.6 is 20.5 Å². The zero-order valence-electron chi connectivity index (χ0n) is 15.9. The van der Waals surface area contributed by atoms with Gasteiger partial charge in [-0.05, 0) is 31.0 Å². The summed E-state index contributed by atoms with van der Waals surface area (Å²) >= 11 is 4.25. The van der Waals surface area contributed by atoms with Crippen LogP contribution in [-0.4, -0.2) is 34.2 Å². The number of rotatable bonds is 8. The summed E-state index contributed by atoms with van der Waals surface area (Å²) in [5.74, 6) is 0.0369. The van der Waals surface area contributed by atoms with Crippen molar-refractivity contribution in [2.45, 2.75) is 42.6 Å². The smallest absolute Gasteiger partial charge is 0.453 e. The maximum absolute atomic E-state index is 11.9. The Morgan fingerprint density at radius 2 is 2.10 bits per heavy atom. The van der Waals surface area contributed by atoms with E-state index < -0.39 is 30.1 Å². The number of hydrogen-bond donors (Lipinski definition) is 3. The molecule has 1 aliphatic rings. The van der Waals surface area contributed by atoms with Gasteiger partial charge in [-0.2, -0.15) is 10.4 Å². The van der Waals surface area contributed by atoms with Gasteiger partial charge >= 0.3 is 7.82 Å². The first-order valence-corrected chi connectivity index (χ1v) is 12.9. The highest BCUT2D eigenvalue weighted by molar-refractivity contribution is 7.89.